The van der Waals surface area contributed by atoms with Crippen molar-refractivity contribution in [3.63, 3.8) is 0 Å². The van der Waals surface area contributed by atoms with Crippen molar-refractivity contribution in [3.8, 4) is 0 Å². The van der Waals surface area contributed by atoms with Crippen molar-refractivity contribution >= 4 is 16.8 Å². The smallest absolute Gasteiger partial charge is 0.261 e. The van der Waals surface area contributed by atoms with Crippen molar-refractivity contribution in [3.05, 3.63) is 40.4 Å². The number of aryl methyl sites for hydroxylation is 1. The highest BCUT2D eigenvalue weighted by Crippen LogP contribution is 2.13. The number of amides is 1. The van der Waals surface area contributed by atoms with Gasteiger partial charge in [0, 0.05) is 25.2 Å². The molecule has 0 bridgehead atoms. The lowest BCUT2D eigenvalue weighted by atomic mass is 10.0. The highest BCUT2D eigenvalue weighted by atomic mass is 16.2. The Morgan fingerprint density at radius 3 is 2.72 bits per heavy atom. The fraction of sp³-hybridized carbons (Fsp3) is 0.526. The van der Waals surface area contributed by atoms with Gasteiger partial charge in [-0.05, 0) is 45.2 Å². The number of hydrogen-bond acceptors (Lipinski definition) is 4. The van der Waals surface area contributed by atoms with Crippen molar-refractivity contribution in [1.29, 1.82) is 0 Å². The first kappa shape index (κ1) is 17.6. The zero-order chi connectivity index (χ0) is 18.0. The highest BCUT2D eigenvalue weighted by molar-refractivity contribution is 5.81. The summed E-state index contributed by atoms with van der Waals surface area (Å²) in [5, 5.41) is 3.62. The Hall–Kier alpha value is -2.21. The lowest BCUT2D eigenvalue weighted by Gasteiger charge is -2.34. The van der Waals surface area contributed by atoms with E-state index in [-0.39, 0.29) is 24.1 Å². The quantitative estimate of drug-likeness (QED) is 0.918. The van der Waals surface area contributed by atoms with Gasteiger partial charge in [0.2, 0.25) is 5.91 Å². The van der Waals surface area contributed by atoms with E-state index in [1.165, 1.54) is 10.9 Å². The lowest BCUT2D eigenvalue weighted by Crippen LogP contribution is -2.47. The first-order valence-electron chi connectivity index (χ1n) is 8.94. The predicted molar refractivity (Wildman–Crippen MR) is 98.6 cm³/mol. The molecule has 1 aliphatic heterocycles. The van der Waals surface area contributed by atoms with Crippen molar-refractivity contribution in [2.24, 2.45) is 0 Å². The molecule has 0 unspecified atom stereocenters. The molecule has 0 atom stereocenters. The van der Waals surface area contributed by atoms with Gasteiger partial charge in [0.1, 0.15) is 6.54 Å². The first-order chi connectivity index (χ1) is 12.0. The van der Waals surface area contributed by atoms with E-state index in [1.54, 1.807) is 6.07 Å². The summed E-state index contributed by atoms with van der Waals surface area (Å²) in [6.45, 7) is 8.33. The number of rotatable bonds is 4. The number of aromatic nitrogens is 2. The van der Waals surface area contributed by atoms with Crippen molar-refractivity contribution < 1.29 is 4.79 Å². The van der Waals surface area contributed by atoms with E-state index < -0.39 is 0 Å². The molecule has 0 spiro atoms. The second kappa shape index (κ2) is 7.35. The Bertz CT molecular complexity index is 820. The summed E-state index contributed by atoms with van der Waals surface area (Å²) in [6.07, 6.45) is 3.38. The Kier molecular flexibility index (Phi) is 5.18. The van der Waals surface area contributed by atoms with Gasteiger partial charge in [-0.3, -0.25) is 14.2 Å². The second-order valence-electron chi connectivity index (χ2n) is 7.12. The standard InChI is InChI=1S/C19H26N4O2/c1-13(2)22-9-7-15(8-10-22)21-17(24)11-23-12-20-18-14(3)5-4-6-16(18)19(23)25/h4-6,12-13,15H,7-11H2,1-3H3,(H,21,24). The van der Waals surface area contributed by atoms with Crippen LogP contribution in [0.4, 0.5) is 0 Å². The number of carbonyl (C=O) groups excluding carboxylic acids is 1. The molecular weight excluding hydrogens is 316 g/mol. The van der Waals surface area contributed by atoms with Gasteiger partial charge in [-0.2, -0.15) is 0 Å². The molecule has 1 aromatic carbocycles. The average molecular weight is 342 g/mol. The molecule has 0 radical (unpaired) electrons. The molecule has 6 nitrogen and oxygen atoms in total. The van der Waals surface area contributed by atoms with Crippen LogP contribution in [0.1, 0.15) is 32.3 Å². The number of nitrogens with zero attached hydrogens (tertiary/aromatic N) is 3. The lowest BCUT2D eigenvalue weighted by molar-refractivity contribution is -0.122. The number of piperidine rings is 1. The van der Waals surface area contributed by atoms with Crippen LogP contribution >= 0.6 is 0 Å². The number of nitrogens with one attached hydrogen (secondary N) is 1. The van der Waals surface area contributed by atoms with Crippen LogP contribution in [0.15, 0.2) is 29.3 Å². The van der Waals surface area contributed by atoms with Crippen LogP contribution in [-0.2, 0) is 11.3 Å². The molecule has 1 amide bonds. The van der Waals surface area contributed by atoms with Gasteiger partial charge < -0.3 is 10.2 Å². The number of fused-ring (bicyclic) bond motifs is 1. The minimum Gasteiger partial charge on any atom is -0.352 e. The van der Waals surface area contributed by atoms with Gasteiger partial charge in [0.25, 0.3) is 5.56 Å². The Balaban J connectivity index is 1.65. The molecule has 0 aliphatic carbocycles. The number of likely N-dealkylation sites (tertiary alicyclic amines) is 1. The summed E-state index contributed by atoms with van der Waals surface area (Å²) in [5.41, 5.74) is 1.49. The largest absolute Gasteiger partial charge is 0.352 e. The minimum atomic E-state index is -0.168. The highest BCUT2D eigenvalue weighted by Gasteiger charge is 2.22. The van der Waals surface area contributed by atoms with Gasteiger partial charge in [-0.25, -0.2) is 4.98 Å². The van der Waals surface area contributed by atoms with Gasteiger partial charge in [0.05, 0.1) is 17.2 Å². The summed E-state index contributed by atoms with van der Waals surface area (Å²) < 4.78 is 1.39. The maximum absolute atomic E-state index is 12.6. The second-order valence-corrected chi connectivity index (χ2v) is 7.12. The van der Waals surface area contributed by atoms with E-state index in [0.29, 0.717) is 16.9 Å². The van der Waals surface area contributed by atoms with Crippen LogP contribution in [0.2, 0.25) is 0 Å². The molecule has 0 saturated carbocycles. The molecule has 1 saturated heterocycles. The van der Waals surface area contributed by atoms with E-state index in [1.807, 2.05) is 19.1 Å². The van der Waals surface area contributed by atoms with E-state index in [2.05, 4.69) is 29.0 Å². The summed E-state index contributed by atoms with van der Waals surface area (Å²) in [6, 6.07) is 6.26. The molecule has 1 N–H and O–H groups in total. The number of benzene rings is 1. The van der Waals surface area contributed by atoms with Crippen molar-refractivity contribution in [2.75, 3.05) is 13.1 Å². The molecule has 1 fully saturated rings. The third-order valence-electron chi connectivity index (χ3n) is 4.99. The molecular formula is C19H26N4O2. The fourth-order valence-electron chi connectivity index (χ4n) is 3.44. The third-order valence-corrected chi connectivity index (χ3v) is 4.99. The van der Waals surface area contributed by atoms with Crippen molar-refractivity contribution in [1.82, 2.24) is 19.8 Å². The van der Waals surface area contributed by atoms with E-state index >= 15 is 0 Å². The Morgan fingerprint density at radius 1 is 1.32 bits per heavy atom. The summed E-state index contributed by atoms with van der Waals surface area (Å²) in [4.78, 5) is 31.7. The maximum Gasteiger partial charge on any atom is 0.261 e. The number of para-hydroxylation sites is 1. The molecule has 2 aromatic rings. The molecule has 6 heteroatoms. The maximum atomic E-state index is 12.6. The van der Waals surface area contributed by atoms with Crippen LogP contribution in [0.25, 0.3) is 10.9 Å². The summed E-state index contributed by atoms with van der Waals surface area (Å²) in [5.74, 6) is -0.126. The molecule has 2 heterocycles. The van der Waals surface area contributed by atoms with E-state index in [9.17, 15) is 9.59 Å². The van der Waals surface area contributed by atoms with Crippen LogP contribution in [0.3, 0.4) is 0 Å². The first-order valence-corrected chi connectivity index (χ1v) is 8.94. The summed E-state index contributed by atoms with van der Waals surface area (Å²) in [7, 11) is 0. The zero-order valence-corrected chi connectivity index (χ0v) is 15.2. The van der Waals surface area contributed by atoms with Crippen LogP contribution in [0, 0.1) is 6.92 Å². The normalized spacial score (nSPS) is 16.5. The third kappa shape index (κ3) is 3.90. The van der Waals surface area contributed by atoms with E-state index in [0.717, 1.165) is 31.5 Å². The topological polar surface area (TPSA) is 67.2 Å². The fourth-order valence-corrected chi connectivity index (χ4v) is 3.44. The van der Waals surface area contributed by atoms with Gasteiger partial charge >= 0.3 is 0 Å². The average Bonchev–Trinajstić information content (AvgIpc) is 2.58. The van der Waals surface area contributed by atoms with Crippen molar-refractivity contribution in [2.45, 2.75) is 52.2 Å². The minimum absolute atomic E-state index is 0.0140. The number of hydrogen-bond donors (Lipinski definition) is 1. The van der Waals surface area contributed by atoms with Gasteiger partial charge in [-0.1, -0.05) is 12.1 Å². The van der Waals surface area contributed by atoms with Gasteiger partial charge in [-0.15, -0.1) is 0 Å². The molecule has 1 aliphatic rings. The van der Waals surface area contributed by atoms with E-state index in [4.69, 9.17) is 0 Å². The van der Waals surface area contributed by atoms with Crippen LogP contribution in [-0.4, -0.2) is 45.5 Å². The number of carbonyl (C=O) groups is 1. The summed E-state index contributed by atoms with van der Waals surface area (Å²) >= 11 is 0. The Morgan fingerprint density at radius 2 is 2.04 bits per heavy atom. The molecule has 3 rings (SSSR count). The monoisotopic (exact) mass is 342 g/mol. The Labute approximate surface area is 147 Å². The van der Waals surface area contributed by atoms with Crippen LogP contribution < -0.4 is 10.9 Å². The molecule has 134 valence electrons. The van der Waals surface area contributed by atoms with Gasteiger partial charge in [0.15, 0.2) is 0 Å². The SMILES string of the molecule is Cc1cccc2c(=O)n(CC(=O)NC3CCN(C(C)C)CC3)cnc12. The van der Waals surface area contributed by atoms with Crippen LogP contribution in [0.5, 0.6) is 0 Å². The predicted octanol–water partition coefficient (Wildman–Crippen LogP) is 1.69. The molecule has 1 aromatic heterocycles. The zero-order valence-electron chi connectivity index (χ0n) is 15.2. The molecule has 25 heavy (non-hydrogen) atoms.